The summed E-state index contributed by atoms with van der Waals surface area (Å²) in [5, 5.41) is 56.6. The number of hydrogen-bond acceptors (Lipinski definition) is 9. The molecule has 2 aliphatic carbocycles. The monoisotopic (exact) mass is 526 g/mol. The molecule has 38 heavy (non-hydrogen) atoms. The normalized spacial score (nSPS) is 40.7. The summed E-state index contributed by atoms with van der Waals surface area (Å²) in [5.41, 5.74) is -10.8. The predicted molar refractivity (Wildman–Crippen MR) is 139 cm³/mol. The van der Waals surface area contributed by atoms with E-state index in [9.17, 15) is 39.9 Å². The van der Waals surface area contributed by atoms with Crippen LogP contribution in [0.4, 0.5) is 0 Å². The Hall–Kier alpha value is -3.53. The third kappa shape index (κ3) is 3.19. The highest BCUT2D eigenvalue weighted by molar-refractivity contribution is 6.29. The maximum Gasteiger partial charge on any atom is 0.217 e. The first-order valence-corrected chi connectivity index (χ1v) is 12.1. The van der Waals surface area contributed by atoms with Gasteiger partial charge in [0.25, 0.3) is 0 Å². The Bertz CT molecular complexity index is 1340. The van der Waals surface area contributed by atoms with Gasteiger partial charge >= 0.3 is 0 Å². The molecule has 0 amide bonds. The summed E-state index contributed by atoms with van der Waals surface area (Å²) in [4.78, 5) is 41.3. The minimum atomic E-state index is -3.01. The number of Topliss-reactive ketones (excluding diaryl/α,β-unsaturated/α-hetero) is 3. The van der Waals surface area contributed by atoms with E-state index in [1.807, 2.05) is 0 Å². The van der Waals surface area contributed by atoms with Gasteiger partial charge < -0.3 is 30.3 Å². The van der Waals surface area contributed by atoms with Gasteiger partial charge in [0.2, 0.25) is 11.6 Å². The van der Waals surface area contributed by atoms with Crippen molar-refractivity contribution in [3.05, 3.63) is 82.6 Å². The molecule has 5 N–H and O–H groups in total. The molecular formula is C29H34O9. The number of fused-ring (bicyclic) bond motifs is 3. The number of aliphatic hydroxyl groups is 5. The fourth-order valence-electron chi connectivity index (χ4n) is 5.97. The lowest BCUT2D eigenvalue weighted by Crippen LogP contribution is -2.73. The van der Waals surface area contributed by atoms with E-state index in [0.717, 1.165) is 13.0 Å². The van der Waals surface area contributed by atoms with E-state index in [4.69, 9.17) is 4.74 Å². The highest BCUT2D eigenvalue weighted by Crippen LogP contribution is 2.73. The van der Waals surface area contributed by atoms with Crippen molar-refractivity contribution < 1.29 is 44.7 Å². The Labute approximate surface area is 221 Å². The van der Waals surface area contributed by atoms with Crippen molar-refractivity contribution in [1.29, 1.82) is 0 Å². The molecule has 1 saturated heterocycles. The largest absolute Gasteiger partial charge is 0.509 e. The topological polar surface area (TPSA) is 162 Å². The van der Waals surface area contributed by atoms with Gasteiger partial charge in [0.15, 0.2) is 17.2 Å². The van der Waals surface area contributed by atoms with E-state index < -0.39 is 68.0 Å². The van der Waals surface area contributed by atoms with Crippen LogP contribution >= 0.6 is 0 Å². The summed E-state index contributed by atoms with van der Waals surface area (Å²) < 4.78 is 5.96. The summed E-state index contributed by atoms with van der Waals surface area (Å²) in [5.74, 6) is -8.28. The van der Waals surface area contributed by atoms with Gasteiger partial charge in [0, 0.05) is 5.57 Å². The van der Waals surface area contributed by atoms with Crippen molar-refractivity contribution in [3.8, 4) is 0 Å². The van der Waals surface area contributed by atoms with Gasteiger partial charge in [-0.15, -0.1) is 0 Å². The molecule has 0 aromatic heterocycles. The summed E-state index contributed by atoms with van der Waals surface area (Å²) in [6, 6.07) is 0. The number of allylic oxidation sites excluding steroid dienone is 9. The Balaban J connectivity index is 2.54. The van der Waals surface area contributed by atoms with Crippen LogP contribution in [0.15, 0.2) is 82.6 Å². The molecule has 3 aliphatic rings. The molecule has 1 saturated carbocycles. The van der Waals surface area contributed by atoms with Crippen molar-refractivity contribution in [3.63, 3.8) is 0 Å². The Morgan fingerprint density at radius 3 is 1.79 bits per heavy atom. The van der Waals surface area contributed by atoms with Gasteiger partial charge in [-0.1, -0.05) is 43.4 Å². The van der Waals surface area contributed by atoms with Crippen molar-refractivity contribution >= 4 is 17.3 Å². The van der Waals surface area contributed by atoms with E-state index in [1.54, 1.807) is 32.1 Å². The average Bonchev–Trinajstić information content (AvgIpc) is 3.00. The van der Waals surface area contributed by atoms with Gasteiger partial charge in [-0.25, -0.2) is 0 Å². The first-order valence-electron chi connectivity index (χ1n) is 12.1. The van der Waals surface area contributed by atoms with Gasteiger partial charge in [0.05, 0.1) is 11.0 Å². The number of aliphatic hydroxyl groups excluding tert-OH is 3. The zero-order valence-corrected chi connectivity index (χ0v) is 22.5. The third-order valence-electron chi connectivity index (χ3n) is 8.50. The molecule has 1 aliphatic heterocycles. The lowest BCUT2D eigenvalue weighted by atomic mass is 9.45. The van der Waals surface area contributed by atoms with Crippen LogP contribution < -0.4 is 0 Å². The maximum atomic E-state index is 14.2. The van der Waals surface area contributed by atoms with Gasteiger partial charge in [-0.05, 0) is 53.7 Å². The predicted octanol–water partition coefficient (Wildman–Crippen LogP) is 3.68. The molecule has 0 radical (unpaired) electrons. The first kappa shape index (κ1) is 29.0. The van der Waals surface area contributed by atoms with Crippen LogP contribution in [0.3, 0.4) is 0 Å². The minimum absolute atomic E-state index is 0.219. The van der Waals surface area contributed by atoms with Crippen molar-refractivity contribution in [2.75, 3.05) is 0 Å². The quantitative estimate of drug-likeness (QED) is 0.159. The van der Waals surface area contributed by atoms with Crippen molar-refractivity contribution in [2.24, 2.45) is 10.8 Å². The zero-order chi connectivity index (χ0) is 29.1. The summed E-state index contributed by atoms with van der Waals surface area (Å²) in [7, 11) is 0. The van der Waals surface area contributed by atoms with E-state index >= 15 is 0 Å². The van der Waals surface area contributed by atoms with Crippen molar-refractivity contribution in [2.45, 2.75) is 65.5 Å². The molecule has 0 bridgehead atoms. The highest BCUT2D eigenvalue weighted by Gasteiger charge is 2.87. The SMILES string of the molecule is C/C=C/C=C/C(O)=C1/C(=O)[C@]2(C)[C@@](O)(O[C@]3(C)C(O)=C(C)C(=O)\C(=C(O)/C=C/C=C/C)[C@]23C)[C@@](C)(O)C1=O. The minimum Gasteiger partial charge on any atom is -0.509 e. The second-order valence-corrected chi connectivity index (χ2v) is 10.4. The molecule has 9 nitrogen and oxygen atoms in total. The second-order valence-electron chi connectivity index (χ2n) is 10.4. The fraction of sp³-hybridized carbons (Fsp3) is 0.414. The van der Waals surface area contributed by atoms with Crippen LogP contribution in [0.2, 0.25) is 0 Å². The van der Waals surface area contributed by atoms with Gasteiger partial charge in [0.1, 0.15) is 33.9 Å². The Morgan fingerprint density at radius 2 is 1.29 bits per heavy atom. The zero-order valence-electron chi connectivity index (χ0n) is 22.5. The van der Waals surface area contributed by atoms with E-state index in [-0.39, 0.29) is 11.1 Å². The smallest absolute Gasteiger partial charge is 0.217 e. The summed E-state index contributed by atoms with van der Waals surface area (Å²) >= 11 is 0. The number of carbonyl (C=O) groups is 3. The number of ether oxygens (including phenoxy) is 1. The van der Waals surface area contributed by atoms with Gasteiger partial charge in [-0.3, -0.25) is 14.4 Å². The highest BCUT2D eigenvalue weighted by atomic mass is 16.7. The van der Waals surface area contributed by atoms with Crippen LogP contribution in [0.1, 0.15) is 48.5 Å². The Kier molecular flexibility index (Phi) is 6.91. The molecule has 2 fully saturated rings. The molecule has 204 valence electrons. The molecule has 1 heterocycles. The van der Waals surface area contributed by atoms with Crippen LogP contribution in [0.25, 0.3) is 0 Å². The average molecular weight is 527 g/mol. The summed E-state index contributed by atoms with van der Waals surface area (Å²) in [6.07, 6.45) is 11.5. The fourth-order valence-corrected chi connectivity index (χ4v) is 5.97. The third-order valence-corrected chi connectivity index (χ3v) is 8.50. The standard InChI is InChI=1S/C29H34O9/c1-8-10-12-14-17(30)19-23(34)26(5)25(4)20(18(31)15-13-11-9-2)21(32)16(3)22(33)28(25,7)38-29(26,37)27(6,36)24(19)35/h8-15,30-31,33,36-37H,1-7H3/b10-8+,11-9+,14-12+,15-13+,19-17+,20-18-/t25-,26+,27+,28-,29-/m1/s1. The molecular weight excluding hydrogens is 492 g/mol. The van der Waals surface area contributed by atoms with Gasteiger partial charge in [-0.2, -0.15) is 0 Å². The van der Waals surface area contributed by atoms with Crippen LogP contribution in [0.5, 0.6) is 0 Å². The van der Waals surface area contributed by atoms with Crippen LogP contribution in [-0.2, 0) is 19.1 Å². The van der Waals surface area contributed by atoms with Crippen LogP contribution in [-0.4, -0.2) is 59.9 Å². The summed E-state index contributed by atoms with van der Waals surface area (Å²) in [6.45, 7) is 9.46. The lowest BCUT2D eigenvalue weighted by Gasteiger charge is -2.54. The molecule has 0 aromatic carbocycles. The molecule has 0 aromatic rings. The van der Waals surface area contributed by atoms with E-state index in [1.165, 1.54) is 52.0 Å². The molecule has 0 spiro atoms. The van der Waals surface area contributed by atoms with E-state index in [2.05, 4.69) is 0 Å². The molecule has 5 atom stereocenters. The van der Waals surface area contributed by atoms with Crippen LogP contribution in [0, 0.1) is 10.8 Å². The first-order chi connectivity index (χ1) is 17.5. The van der Waals surface area contributed by atoms with Crippen molar-refractivity contribution in [1.82, 2.24) is 0 Å². The maximum absolute atomic E-state index is 14.2. The number of hydrogen-bond donors (Lipinski definition) is 5. The van der Waals surface area contributed by atoms with E-state index in [0.29, 0.717) is 0 Å². The number of ketones is 3. The Morgan fingerprint density at radius 1 is 0.789 bits per heavy atom. The number of rotatable bonds is 4. The number of carbonyl (C=O) groups excluding carboxylic acids is 3. The molecule has 0 unspecified atom stereocenters. The second kappa shape index (κ2) is 9.04. The molecule has 3 rings (SSSR count). The lowest BCUT2D eigenvalue weighted by molar-refractivity contribution is -0.316. The molecule has 9 heteroatoms.